The van der Waals surface area contributed by atoms with Crippen LogP contribution in [0.4, 0.5) is 11.5 Å². The highest BCUT2D eigenvalue weighted by Gasteiger charge is 2.11. The Balaban J connectivity index is 1.57. The van der Waals surface area contributed by atoms with Gasteiger partial charge in [0.2, 0.25) is 0 Å². The predicted molar refractivity (Wildman–Crippen MR) is 108 cm³/mol. The average Bonchev–Trinajstić information content (AvgIpc) is 3.37. The van der Waals surface area contributed by atoms with Gasteiger partial charge < -0.3 is 14.8 Å². The van der Waals surface area contributed by atoms with E-state index in [1.165, 1.54) is 0 Å². The van der Waals surface area contributed by atoms with E-state index in [0.717, 1.165) is 39.1 Å². The number of anilines is 2. The summed E-state index contributed by atoms with van der Waals surface area (Å²) in [5.41, 5.74) is 5.26. The Hall–Kier alpha value is -3.71. The minimum absolute atomic E-state index is 0.494. The van der Waals surface area contributed by atoms with E-state index in [4.69, 9.17) is 4.98 Å². The number of hydrogen-bond acceptors (Lipinski definition) is 5. The molecule has 1 atom stereocenters. The number of H-pyrrole nitrogens is 1. The molecule has 3 N–H and O–H groups in total. The number of nitrogens with zero attached hydrogens (tertiary/aromatic N) is 4. The molecule has 5 aromatic rings. The Morgan fingerprint density at radius 2 is 2.00 bits per heavy atom. The number of hydrogen-bond donors (Lipinski definition) is 3. The number of aliphatic hydroxyl groups excluding tert-OH is 1. The lowest BCUT2D eigenvalue weighted by atomic mass is 10.1. The second-order valence-corrected chi connectivity index (χ2v) is 6.73. The first-order chi connectivity index (χ1) is 13.7. The molecule has 0 saturated heterocycles. The Labute approximate surface area is 160 Å². The standard InChI is InChI=1S/C21H18N6O/c1-13(28)14-4-6-17(7-5-14)24-20-21-22-8-9-27(21)12-19(25-20)15-2-3-16-11-23-26-18(16)10-15/h2-13,28H,1H3,(H,23,26)(H,24,25). The SMILES string of the molecule is CC(O)c1ccc(Nc2nc(-c3ccc4cn[nH]c4c3)cn3ccnc23)cc1. The third-order valence-electron chi connectivity index (χ3n) is 4.77. The summed E-state index contributed by atoms with van der Waals surface area (Å²) in [7, 11) is 0. The number of imidazole rings is 1. The summed E-state index contributed by atoms with van der Waals surface area (Å²) in [6.07, 6.45) is 6.92. The number of aromatic nitrogens is 5. The van der Waals surface area contributed by atoms with Crippen molar-refractivity contribution in [2.45, 2.75) is 13.0 Å². The van der Waals surface area contributed by atoms with Crippen LogP contribution in [-0.4, -0.2) is 29.7 Å². The molecule has 28 heavy (non-hydrogen) atoms. The van der Waals surface area contributed by atoms with Gasteiger partial charge in [0.05, 0.1) is 23.5 Å². The van der Waals surface area contributed by atoms with Crippen molar-refractivity contribution in [2.75, 3.05) is 5.32 Å². The summed E-state index contributed by atoms with van der Waals surface area (Å²) < 4.78 is 1.95. The monoisotopic (exact) mass is 370 g/mol. The smallest absolute Gasteiger partial charge is 0.180 e. The summed E-state index contributed by atoms with van der Waals surface area (Å²) in [5.74, 6) is 0.664. The highest BCUT2D eigenvalue weighted by molar-refractivity contribution is 5.83. The molecule has 7 heteroatoms. The Kier molecular flexibility index (Phi) is 3.80. The average molecular weight is 370 g/mol. The topological polar surface area (TPSA) is 91.1 Å². The largest absolute Gasteiger partial charge is 0.389 e. The van der Waals surface area contributed by atoms with Gasteiger partial charge in [0.25, 0.3) is 0 Å². The molecular weight excluding hydrogens is 352 g/mol. The van der Waals surface area contributed by atoms with E-state index in [1.54, 1.807) is 19.3 Å². The lowest BCUT2D eigenvalue weighted by Gasteiger charge is -2.11. The number of fused-ring (bicyclic) bond motifs is 2. The molecule has 1 unspecified atom stereocenters. The van der Waals surface area contributed by atoms with Crippen LogP contribution in [-0.2, 0) is 0 Å². The molecule has 3 heterocycles. The van der Waals surface area contributed by atoms with Crippen LogP contribution in [0.3, 0.4) is 0 Å². The van der Waals surface area contributed by atoms with Crippen LogP contribution in [0, 0.1) is 0 Å². The second-order valence-electron chi connectivity index (χ2n) is 6.73. The third kappa shape index (κ3) is 2.87. The van der Waals surface area contributed by atoms with E-state index in [1.807, 2.05) is 59.3 Å². The molecule has 0 aliphatic heterocycles. The highest BCUT2D eigenvalue weighted by atomic mass is 16.3. The molecule has 0 bridgehead atoms. The molecule has 0 amide bonds. The van der Waals surface area contributed by atoms with E-state index in [9.17, 15) is 5.11 Å². The maximum Gasteiger partial charge on any atom is 0.180 e. The van der Waals surface area contributed by atoms with Gasteiger partial charge in [-0.15, -0.1) is 0 Å². The number of benzene rings is 2. The lowest BCUT2D eigenvalue weighted by molar-refractivity contribution is 0.199. The van der Waals surface area contributed by atoms with Gasteiger partial charge in [-0.05, 0) is 30.7 Å². The molecular formula is C21H18N6O. The van der Waals surface area contributed by atoms with Crippen molar-refractivity contribution in [3.8, 4) is 11.3 Å². The molecule has 2 aromatic carbocycles. The van der Waals surface area contributed by atoms with Crippen LogP contribution >= 0.6 is 0 Å². The van der Waals surface area contributed by atoms with Crippen molar-refractivity contribution in [1.82, 2.24) is 24.6 Å². The maximum absolute atomic E-state index is 9.69. The van der Waals surface area contributed by atoms with E-state index < -0.39 is 6.10 Å². The van der Waals surface area contributed by atoms with Gasteiger partial charge in [0.15, 0.2) is 11.5 Å². The van der Waals surface area contributed by atoms with Crippen molar-refractivity contribution in [1.29, 1.82) is 0 Å². The molecule has 3 aromatic heterocycles. The summed E-state index contributed by atoms with van der Waals surface area (Å²) in [5, 5.41) is 21.2. The predicted octanol–water partition coefficient (Wildman–Crippen LogP) is 4.07. The minimum Gasteiger partial charge on any atom is -0.389 e. The molecule has 0 saturated carbocycles. The van der Waals surface area contributed by atoms with Crippen molar-refractivity contribution < 1.29 is 5.11 Å². The fourth-order valence-electron chi connectivity index (χ4n) is 3.23. The van der Waals surface area contributed by atoms with Crippen molar-refractivity contribution in [3.63, 3.8) is 0 Å². The van der Waals surface area contributed by atoms with Crippen LogP contribution in [0.5, 0.6) is 0 Å². The Morgan fingerprint density at radius 1 is 1.14 bits per heavy atom. The van der Waals surface area contributed by atoms with E-state index in [-0.39, 0.29) is 0 Å². The zero-order valence-corrected chi connectivity index (χ0v) is 15.2. The molecule has 0 aliphatic carbocycles. The fraction of sp³-hybridized carbons (Fsp3) is 0.0952. The van der Waals surface area contributed by atoms with Crippen LogP contribution in [0.2, 0.25) is 0 Å². The van der Waals surface area contributed by atoms with Gasteiger partial charge in [-0.25, -0.2) is 9.97 Å². The van der Waals surface area contributed by atoms with Gasteiger partial charge >= 0.3 is 0 Å². The van der Waals surface area contributed by atoms with Gasteiger partial charge in [-0.3, -0.25) is 5.10 Å². The van der Waals surface area contributed by atoms with Gasteiger partial charge in [-0.2, -0.15) is 5.10 Å². The van der Waals surface area contributed by atoms with Crippen molar-refractivity contribution in [2.24, 2.45) is 0 Å². The Bertz CT molecular complexity index is 1270. The Morgan fingerprint density at radius 3 is 2.82 bits per heavy atom. The number of nitrogens with one attached hydrogen (secondary N) is 2. The van der Waals surface area contributed by atoms with Crippen LogP contribution in [0.15, 0.2) is 67.3 Å². The van der Waals surface area contributed by atoms with Crippen LogP contribution in [0.1, 0.15) is 18.6 Å². The quantitative estimate of drug-likeness (QED) is 0.444. The molecule has 5 rings (SSSR count). The lowest BCUT2D eigenvalue weighted by Crippen LogP contribution is -2.01. The van der Waals surface area contributed by atoms with Crippen molar-refractivity contribution >= 4 is 28.1 Å². The first-order valence-electron chi connectivity index (χ1n) is 9.00. The summed E-state index contributed by atoms with van der Waals surface area (Å²) in [6, 6.07) is 13.7. The number of aliphatic hydroxyl groups is 1. The van der Waals surface area contributed by atoms with Gasteiger partial charge in [-0.1, -0.05) is 24.3 Å². The van der Waals surface area contributed by atoms with Crippen molar-refractivity contribution in [3.05, 3.63) is 72.8 Å². The third-order valence-corrected chi connectivity index (χ3v) is 4.77. The molecule has 0 fully saturated rings. The van der Waals surface area contributed by atoms with Gasteiger partial charge in [0, 0.05) is 35.2 Å². The normalized spacial score (nSPS) is 12.5. The first kappa shape index (κ1) is 16.5. The summed E-state index contributed by atoms with van der Waals surface area (Å²) in [4.78, 5) is 9.23. The fourth-order valence-corrected chi connectivity index (χ4v) is 3.23. The summed E-state index contributed by atoms with van der Waals surface area (Å²) >= 11 is 0. The first-order valence-corrected chi connectivity index (χ1v) is 9.00. The van der Waals surface area contributed by atoms with E-state index in [0.29, 0.717) is 5.82 Å². The van der Waals surface area contributed by atoms with Crippen LogP contribution in [0.25, 0.3) is 27.8 Å². The molecule has 0 radical (unpaired) electrons. The summed E-state index contributed by atoms with van der Waals surface area (Å²) in [6.45, 7) is 1.75. The minimum atomic E-state index is -0.494. The van der Waals surface area contributed by atoms with E-state index >= 15 is 0 Å². The zero-order valence-electron chi connectivity index (χ0n) is 15.2. The number of rotatable bonds is 4. The second kappa shape index (κ2) is 6.47. The molecule has 0 spiro atoms. The number of aromatic amines is 1. The van der Waals surface area contributed by atoms with E-state index in [2.05, 4.69) is 20.5 Å². The molecule has 7 nitrogen and oxygen atoms in total. The van der Waals surface area contributed by atoms with Crippen LogP contribution < -0.4 is 5.32 Å². The molecule has 0 aliphatic rings. The van der Waals surface area contributed by atoms with Gasteiger partial charge in [0.1, 0.15) is 0 Å². The zero-order chi connectivity index (χ0) is 19.1. The highest BCUT2D eigenvalue weighted by Crippen LogP contribution is 2.27. The molecule has 138 valence electrons. The maximum atomic E-state index is 9.69.